The zero-order valence-electron chi connectivity index (χ0n) is 13.0. The molecular weight excluding hydrogens is 418 g/mol. The summed E-state index contributed by atoms with van der Waals surface area (Å²) in [6, 6.07) is 13.1. The zero-order valence-corrected chi connectivity index (χ0v) is 16.0. The molecule has 1 N–H and O–H groups in total. The van der Waals surface area contributed by atoms with Crippen molar-refractivity contribution < 1.29 is 9.21 Å². The van der Waals surface area contributed by atoms with Crippen LogP contribution in [0.4, 0.5) is 0 Å². The number of nitrogens with one attached hydrogen (secondary N) is 1. The smallest absolute Gasteiger partial charge is 0.272 e. The molecule has 2 aromatic carbocycles. The molecule has 0 aliphatic carbocycles. The number of furan rings is 1. The van der Waals surface area contributed by atoms with Gasteiger partial charge in [0, 0.05) is 15.6 Å². The van der Waals surface area contributed by atoms with Crippen LogP contribution in [0.2, 0.25) is 20.1 Å². The third-order valence-electron chi connectivity index (χ3n) is 3.35. The van der Waals surface area contributed by atoms with Gasteiger partial charge in [0.15, 0.2) is 0 Å². The fourth-order valence-corrected chi connectivity index (χ4v) is 3.02. The minimum absolute atomic E-state index is 0.237. The first-order valence-electron chi connectivity index (χ1n) is 7.28. The minimum atomic E-state index is -0.465. The Labute approximate surface area is 169 Å². The van der Waals surface area contributed by atoms with Gasteiger partial charge in [-0.1, -0.05) is 46.4 Å². The maximum absolute atomic E-state index is 12.1. The molecule has 0 spiro atoms. The average Bonchev–Trinajstić information content (AvgIpc) is 3.05. The van der Waals surface area contributed by atoms with Crippen LogP contribution in [0.5, 0.6) is 0 Å². The largest absolute Gasteiger partial charge is 0.455 e. The topological polar surface area (TPSA) is 54.6 Å². The fraction of sp³-hybridized carbons (Fsp3) is 0. The number of carbonyl (C=O) groups is 1. The molecule has 0 radical (unpaired) electrons. The molecule has 0 aliphatic rings. The summed E-state index contributed by atoms with van der Waals surface area (Å²) in [5.74, 6) is 0.497. The molecule has 3 rings (SSSR count). The Hall–Kier alpha value is -1.98. The highest BCUT2D eigenvalue weighted by molar-refractivity contribution is 6.37. The highest BCUT2D eigenvalue weighted by Gasteiger charge is 2.11. The quantitative estimate of drug-likeness (QED) is 0.391. The number of hydrogen-bond acceptors (Lipinski definition) is 3. The lowest BCUT2D eigenvalue weighted by atomic mass is 10.2. The molecule has 0 bridgehead atoms. The molecule has 4 nitrogen and oxygen atoms in total. The predicted octanol–water partition coefficient (Wildman–Crippen LogP) is 6.32. The summed E-state index contributed by atoms with van der Waals surface area (Å²) in [5.41, 5.74) is 3.30. The van der Waals surface area contributed by atoms with Gasteiger partial charge in [0.05, 0.1) is 21.8 Å². The van der Waals surface area contributed by atoms with Crippen LogP contribution in [-0.2, 0) is 0 Å². The van der Waals surface area contributed by atoms with Crippen LogP contribution in [-0.4, -0.2) is 12.1 Å². The first-order chi connectivity index (χ1) is 12.4. The zero-order chi connectivity index (χ0) is 18.7. The molecule has 0 fully saturated rings. The molecule has 0 atom stereocenters. The van der Waals surface area contributed by atoms with Crippen LogP contribution >= 0.6 is 46.4 Å². The molecule has 1 amide bonds. The Balaban J connectivity index is 1.71. The number of amides is 1. The first kappa shape index (κ1) is 18.8. The molecule has 0 saturated carbocycles. The van der Waals surface area contributed by atoms with E-state index >= 15 is 0 Å². The van der Waals surface area contributed by atoms with Crippen LogP contribution < -0.4 is 5.43 Å². The summed E-state index contributed by atoms with van der Waals surface area (Å²) >= 11 is 23.9. The van der Waals surface area contributed by atoms with E-state index in [0.29, 0.717) is 32.2 Å². The van der Waals surface area contributed by atoms with Crippen molar-refractivity contribution in [2.75, 3.05) is 0 Å². The van der Waals surface area contributed by atoms with E-state index in [1.807, 2.05) is 0 Å². The van der Waals surface area contributed by atoms with Crippen molar-refractivity contribution in [2.24, 2.45) is 5.10 Å². The standard InChI is InChI=1S/C18H10Cl4N2O2/c19-10-2-5-15(21)14(7-10)17-6-3-12(26-17)9-23-24-18(25)13-4-1-11(20)8-16(13)22/h1-9H,(H,24,25)/b23-9+. The Morgan fingerprint density at radius 1 is 0.923 bits per heavy atom. The summed E-state index contributed by atoms with van der Waals surface area (Å²) in [6.45, 7) is 0. The lowest BCUT2D eigenvalue weighted by molar-refractivity contribution is 0.0955. The summed E-state index contributed by atoms with van der Waals surface area (Å²) in [4.78, 5) is 12.1. The Kier molecular flexibility index (Phi) is 5.89. The molecular formula is C18H10Cl4N2O2. The highest BCUT2D eigenvalue weighted by Crippen LogP contribution is 2.31. The summed E-state index contributed by atoms with van der Waals surface area (Å²) in [6.07, 6.45) is 1.36. The molecule has 0 unspecified atom stereocenters. The van der Waals surface area contributed by atoms with Gasteiger partial charge in [0.2, 0.25) is 0 Å². The third kappa shape index (κ3) is 4.40. The van der Waals surface area contributed by atoms with Crippen molar-refractivity contribution in [3.05, 3.63) is 79.9 Å². The summed E-state index contributed by atoms with van der Waals surface area (Å²) in [5, 5.41) is 5.60. The van der Waals surface area contributed by atoms with Crippen LogP contribution in [0, 0.1) is 0 Å². The van der Waals surface area contributed by atoms with E-state index in [1.165, 1.54) is 18.3 Å². The van der Waals surface area contributed by atoms with Crippen molar-refractivity contribution in [3.8, 4) is 11.3 Å². The van der Waals surface area contributed by atoms with E-state index in [2.05, 4.69) is 10.5 Å². The van der Waals surface area contributed by atoms with E-state index in [0.717, 1.165) is 0 Å². The van der Waals surface area contributed by atoms with Gasteiger partial charge in [-0.05, 0) is 48.5 Å². The van der Waals surface area contributed by atoms with Crippen LogP contribution in [0.15, 0.2) is 58.0 Å². The molecule has 26 heavy (non-hydrogen) atoms. The van der Waals surface area contributed by atoms with E-state index in [1.54, 1.807) is 36.4 Å². The van der Waals surface area contributed by atoms with Gasteiger partial charge in [0.25, 0.3) is 5.91 Å². The van der Waals surface area contributed by atoms with Gasteiger partial charge in [-0.2, -0.15) is 5.10 Å². The monoisotopic (exact) mass is 426 g/mol. The van der Waals surface area contributed by atoms with Crippen molar-refractivity contribution in [1.29, 1.82) is 0 Å². The van der Waals surface area contributed by atoms with Crippen molar-refractivity contribution >= 4 is 58.5 Å². The summed E-state index contributed by atoms with van der Waals surface area (Å²) < 4.78 is 5.65. The predicted molar refractivity (Wildman–Crippen MR) is 106 cm³/mol. The second-order valence-electron chi connectivity index (χ2n) is 5.15. The number of carbonyl (C=O) groups excluding carboxylic acids is 1. The maximum Gasteiger partial charge on any atom is 0.272 e. The Bertz CT molecular complexity index is 999. The third-order valence-corrected chi connectivity index (χ3v) is 4.47. The maximum atomic E-state index is 12.1. The molecule has 132 valence electrons. The van der Waals surface area contributed by atoms with Crippen LogP contribution in [0.3, 0.4) is 0 Å². The van der Waals surface area contributed by atoms with E-state index < -0.39 is 5.91 Å². The van der Waals surface area contributed by atoms with Crippen molar-refractivity contribution in [1.82, 2.24) is 5.43 Å². The van der Waals surface area contributed by atoms with Crippen molar-refractivity contribution in [2.45, 2.75) is 0 Å². The molecule has 3 aromatic rings. The minimum Gasteiger partial charge on any atom is -0.455 e. The van der Waals surface area contributed by atoms with Crippen LogP contribution in [0.1, 0.15) is 16.1 Å². The SMILES string of the molecule is O=C(N/N=C/c1ccc(-c2cc(Cl)ccc2Cl)o1)c1ccc(Cl)cc1Cl. The number of hydrazone groups is 1. The lowest BCUT2D eigenvalue weighted by Gasteiger charge is -2.02. The van der Waals surface area contributed by atoms with Gasteiger partial charge < -0.3 is 4.42 Å². The van der Waals surface area contributed by atoms with Gasteiger partial charge in [-0.25, -0.2) is 5.43 Å². The molecule has 0 saturated heterocycles. The summed E-state index contributed by atoms with van der Waals surface area (Å²) in [7, 11) is 0. The number of rotatable bonds is 4. The van der Waals surface area contributed by atoms with Gasteiger partial charge in [0.1, 0.15) is 11.5 Å². The van der Waals surface area contributed by atoms with Gasteiger partial charge in [-0.3, -0.25) is 4.79 Å². The van der Waals surface area contributed by atoms with E-state index in [-0.39, 0.29) is 10.6 Å². The second-order valence-corrected chi connectivity index (χ2v) is 6.84. The molecule has 1 heterocycles. The number of nitrogens with zero attached hydrogens (tertiary/aromatic N) is 1. The average molecular weight is 428 g/mol. The Morgan fingerprint density at radius 3 is 2.42 bits per heavy atom. The number of hydrogen-bond donors (Lipinski definition) is 1. The molecule has 1 aromatic heterocycles. The number of benzene rings is 2. The van der Waals surface area contributed by atoms with E-state index in [9.17, 15) is 4.79 Å². The molecule has 8 heteroatoms. The van der Waals surface area contributed by atoms with Crippen molar-refractivity contribution in [3.63, 3.8) is 0 Å². The highest BCUT2D eigenvalue weighted by atomic mass is 35.5. The van der Waals surface area contributed by atoms with Crippen LogP contribution in [0.25, 0.3) is 11.3 Å². The van der Waals surface area contributed by atoms with Gasteiger partial charge >= 0.3 is 0 Å². The second kappa shape index (κ2) is 8.14. The van der Waals surface area contributed by atoms with Gasteiger partial charge in [-0.15, -0.1) is 0 Å². The molecule has 0 aliphatic heterocycles. The lowest BCUT2D eigenvalue weighted by Crippen LogP contribution is -2.17. The Morgan fingerprint density at radius 2 is 1.65 bits per heavy atom. The normalized spacial score (nSPS) is 11.1. The van der Waals surface area contributed by atoms with E-state index in [4.69, 9.17) is 50.8 Å². The first-order valence-corrected chi connectivity index (χ1v) is 8.79. The number of halogens is 4. The fourth-order valence-electron chi connectivity index (χ4n) is 2.14.